The number of benzene rings is 1. The third kappa shape index (κ3) is 6.24. The molecule has 1 aliphatic rings. The molecule has 0 unspecified atom stereocenters. The van der Waals surface area contributed by atoms with E-state index in [1.54, 1.807) is 24.3 Å². The second-order valence-electron chi connectivity index (χ2n) is 6.85. The van der Waals surface area contributed by atoms with Crippen molar-refractivity contribution in [3.63, 3.8) is 0 Å². The Morgan fingerprint density at radius 1 is 1.21 bits per heavy atom. The Kier molecular flexibility index (Phi) is 7.33. The number of halogens is 1. The molecule has 150 valence electrons. The molecule has 1 aromatic carbocycles. The number of nitrogens with zero attached hydrogens (tertiary/aromatic N) is 2. The average Bonchev–Trinajstić information content (AvgIpc) is 3.16. The van der Waals surface area contributed by atoms with E-state index in [1.807, 2.05) is 0 Å². The van der Waals surface area contributed by atoms with Crippen molar-refractivity contribution < 1.29 is 18.7 Å². The smallest absolute Gasteiger partial charge is 0.316 e. The van der Waals surface area contributed by atoms with Gasteiger partial charge in [-0.2, -0.15) is 0 Å². The van der Waals surface area contributed by atoms with E-state index in [9.17, 15) is 9.59 Å². The Hall–Kier alpha value is -2.06. The summed E-state index contributed by atoms with van der Waals surface area (Å²) < 4.78 is 10.5. The standard InChI is InChI=1S/C19H22ClN3O4S/c1-12-2-8-15(9-3-12)21-16(24)10-26-17(25)11-28-19-23-22-18(27-19)13-4-6-14(20)7-5-13/h4-7,12,15H,2-3,8-11H2,1H3,(H,21,24). The van der Waals surface area contributed by atoms with E-state index >= 15 is 0 Å². The minimum absolute atomic E-state index is 0.0174. The fourth-order valence-electron chi connectivity index (χ4n) is 2.96. The van der Waals surface area contributed by atoms with Gasteiger partial charge in [-0.3, -0.25) is 9.59 Å². The molecule has 1 heterocycles. The van der Waals surface area contributed by atoms with E-state index in [0.29, 0.717) is 16.8 Å². The summed E-state index contributed by atoms with van der Waals surface area (Å²) in [5, 5.41) is 11.6. The highest BCUT2D eigenvalue weighted by atomic mass is 35.5. The molecule has 28 heavy (non-hydrogen) atoms. The van der Waals surface area contributed by atoms with E-state index in [0.717, 1.165) is 43.0 Å². The van der Waals surface area contributed by atoms with Crippen molar-refractivity contribution in [1.82, 2.24) is 15.5 Å². The lowest BCUT2D eigenvalue weighted by Gasteiger charge is -2.26. The number of esters is 1. The maximum atomic E-state index is 11.9. The SMILES string of the molecule is CC1CCC(NC(=O)COC(=O)CSc2nnc(-c3ccc(Cl)cc3)o2)CC1. The largest absolute Gasteiger partial charge is 0.455 e. The predicted molar refractivity (Wildman–Crippen MR) is 106 cm³/mol. The second kappa shape index (κ2) is 9.93. The summed E-state index contributed by atoms with van der Waals surface area (Å²) in [5.74, 6) is 0.266. The van der Waals surface area contributed by atoms with E-state index in [2.05, 4.69) is 22.4 Å². The van der Waals surface area contributed by atoms with Gasteiger partial charge in [-0.15, -0.1) is 10.2 Å². The van der Waals surface area contributed by atoms with Crippen LogP contribution in [0.2, 0.25) is 5.02 Å². The number of hydrogen-bond acceptors (Lipinski definition) is 7. The van der Waals surface area contributed by atoms with Gasteiger partial charge in [-0.05, 0) is 55.9 Å². The van der Waals surface area contributed by atoms with Crippen LogP contribution in [-0.2, 0) is 14.3 Å². The molecule has 1 saturated carbocycles. The molecule has 1 aliphatic carbocycles. The molecule has 2 aromatic rings. The van der Waals surface area contributed by atoms with E-state index < -0.39 is 5.97 Å². The first-order valence-electron chi connectivity index (χ1n) is 9.17. The van der Waals surface area contributed by atoms with Crippen LogP contribution in [0.25, 0.3) is 11.5 Å². The van der Waals surface area contributed by atoms with Gasteiger partial charge in [0.05, 0.1) is 0 Å². The lowest BCUT2D eigenvalue weighted by molar-refractivity contribution is -0.146. The monoisotopic (exact) mass is 423 g/mol. The van der Waals surface area contributed by atoms with Crippen LogP contribution in [0.4, 0.5) is 0 Å². The number of rotatable bonds is 7. The number of carbonyl (C=O) groups is 2. The van der Waals surface area contributed by atoms with Crippen molar-refractivity contribution in [2.75, 3.05) is 12.4 Å². The molecule has 1 fully saturated rings. The van der Waals surface area contributed by atoms with Crippen molar-refractivity contribution in [3.05, 3.63) is 29.3 Å². The molecule has 0 spiro atoms. The van der Waals surface area contributed by atoms with E-state index in [-0.39, 0.29) is 29.5 Å². The molecule has 0 saturated heterocycles. The van der Waals surface area contributed by atoms with Gasteiger partial charge in [0.2, 0.25) is 5.89 Å². The van der Waals surface area contributed by atoms with E-state index in [4.69, 9.17) is 20.8 Å². The minimum Gasteiger partial charge on any atom is -0.455 e. The molecule has 0 aliphatic heterocycles. The number of aromatic nitrogens is 2. The van der Waals surface area contributed by atoms with E-state index in [1.165, 1.54) is 0 Å². The van der Waals surface area contributed by atoms with Gasteiger partial charge in [-0.25, -0.2) is 0 Å². The van der Waals surface area contributed by atoms with Crippen molar-refractivity contribution >= 4 is 35.2 Å². The molecule has 7 nitrogen and oxygen atoms in total. The zero-order valence-corrected chi connectivity index (χ0v) is 17.1. The summed E-state index contributed by atoms with van der Waals surface area (Å²) in [7, 11) is 0. The fraction of sp³-hybridized carbons (Fsp3) is 0.474. The van der Waals surface area contributed by atoms with Crippen LogP contribution in [-0.4, -0.2) is 40.5 Å². The van der Waals surface area contributed by atoms with Crippen LogP contribution in [0.1, 0.15) is 32.6 Å². The number of hydrogen-bond donors (Lipinski definition) is 1. The second-order valence-corrected chi connectivity index (χ2v) is 8.22. The van der Waals surface area contributed by atoms with Gasteiger partial charge in [0.1, 0.15) is 5.75 Å². The number of ether oxygens (including phenoxy) is 1. The molecule has 1 N–H and O–H groups in total. The average molecular weight is 424 g/mol. The molecule has 1 aromatic heterocycles. The lowest BCUT2D eigenvalue weighted by Crippen LogP contribution is -2.39. The van der Waals surface area contributed by atoms with Gasteiger partial charge < -0.3 is 14.5 Å². The predicted octanol–water partition coefficient (Wildman–Crippen LogP) is 3.72. The van der Waals surface area contributed by atoms with Gasteiger partial charge in [-0.1, -0.05) is 30.3 Å². The zero-order valence-electron chi connectivity index (χ0n) is 15.5. The Morgan fingerprint density at radius 2 is 1.93 bits per heavy atom. The number of thioether (sulfide) groups is 1. The van der Waals surface area contributed by atoms with Gasteiger partial charge in [0.25, 0.3) is 11.1 Å². The maximum Gasteiger partial charge on any atom is 0.316 e. The molecule has 0 radical (unpaired) electrons. The molecule has 9 heteroatoms. The van der Waals surface area contributed by atoms with Crippen LogP contribution >= 0.6 is 23.4 Å². The highest BCUT2D eigenvalue weighted by Crippen LogP contribution is 2.25. The van der Waals surface area contributed by atoms with Crippen molar-refractivity contribution in [2.24, 2.45) is 5.92 Å². The highest BCUT2D eigenvalue weighted by molar-refractivity contribution is 7.99. The number of nitrogens with one attached hydrogen (secondary N) is 1. The van der Waals surface area contributed by atoms with Crippen LogP contribution in [0.15, 0.2) is 33.9 Å². The third-order valence-electron chi connectivity index (χ3n) is 4.56. The first kappa shape index (κ1) is 20.7. The first-order chi connectivity index (χ1) is 13.5. The highest BCUT2D eigenvalue weighted by Gasteiger charge is 2.20. The molecular formula is C19H22ClN3O4S. The summed E-state index contributed by atoms with van der Waals surface area (Å²) in [6.45, 7) is 1.95. The van der Waals surface area contributed by atoms with Crippen LogP contribution in [0.3, 0.4) is 0 Å². The fourth-order valence-corrected chi connectivity index (χ4v) is 3.65. The topological polar surface area (TPSA) is 94.3 Å². The molecule has 0 atom stereocenters. The third-order valence-corrected chi connectivity index (χ3v) is 5.60. The zero-order chi connectivity index (χ0) is 19.9. The van der Waals surface area contributed by atoms with Crippen LogP contribution in [0.5, 0.6) is 0 Å². The Bertz CT molecular complexity index is 804. The number of carbonyl (C=O) groups excluding carboxylic acids is 2. The van der Waals surface area contributed by atoms with Crippen molar-refractivity contribution in [1.29, 1.82) is 0 Å². The van der Waals surface area contributed by atoms with Gasteiger partial charge >= 0.3 is 5.97 Å². The summed E-state index contributed by atoms with van der Waals surface area (Å²) >= 11 is 6.91. The molecular weight excluding hydrogens is 402 g/mol. The Labute approximate surface area is 172 Å². The summed E-state index contributed by atoms with van der Waals surface area (Å²) in [4.78, 5) is 23.8. The Balaban J connectivity index is 1.37. The van der Waals surface area contributed by atoms with Crippen LogP contribution < -0.4 is 5.32 Å². The summed E-state index contributed by atoms with van der Waals surface area (Å²) in [5.41, 5.74) is 0.736. The first-order valence-corrected chi connectivity index (χ1v) is 10.5. The van der Waals surface area contributed by atoms with Crippen LogP contribution in [0, 0.1) is 5.92 Å². The maximum absolute atomic E-state index is 11.9. The van der Waals surface area contributed by atoms with Gasteiger partial charge in [0, 0.05) is 16.6 Å². The summed E-state index contributed by atoms with van der Waals surface area (Å²) in [6, 6.07) is 7.17. The van der Waals surface area contributed by atoms with Crippen molar-refractivity contribution in [3.8, 4) is 11.5 Å². The Morgan fingerprint density at radius 3 is 2.64 bits per heavy atom. The lowest BCUT2D eigenvalue weighted by atomic mass is 9.87. The number of amides is 1. The minimum atomic E-state index is -0.511. The van der Waals surface area contributed by atoms with Crippen molar-refractivity contribution in [2.45, 2.75) is 43.9 Å². The quantitative estimate of drug-likeness (QED) is 0.535. The van der Waals surface area contributed by atoms with Gasteiger partial charge in [0.15, 0.2) is 6.61 Å². The molecule has 0 bridgehead atoms. The molecule has 1 amide bonds. The molecule has 3 rings (SSSR count). The normalized spacial score (nSPS) is 19.2. The summed E-state index contributed by atoms with van der Waals surface area (Å²) in [6.07, 6.45) is 4.18.